The Hall–Kier alpha value is -1.70. The number of anilines is 1. The lowest BCUT2D eigenvalue weighted by atomic mass is 10.1. The zero-order valence-corrected chi connectivity index (χ0v) is 13.8. The molecular formula is C14H10Br2N4O. The summed E-state index contributed by atoms with van der Waals surface area (Å²) in [6, 6.07) is 13.4. The van der Waals surface area contributed by atoms with Crippen molar-refractivity contribution in [3.05, 3.63) is 51.6 Å². The molecule has 7 heteroatoms. The van der Waals surface area contributed by atoms with Gasteiger partial charge >= 0.3 is 0 Å². The van der Waals surface area contributed by atoms with Gasteiger partial charge in [0.05, 0.1) is 10.2 Å². The molecule has 3 N–H and O–H groups in total. The summed E-state index contributed by atoms with van der Waals surface area (Å²) in [5.41, 5.74) is 4.29. The van der Waals surface area contributed by atoms with Crippen LogP contribution in [0.3, 0.4) is 0 Å². The van der Waals surface area contributed by atoms with Crippen molar-refractivity contribution >= 4 is 37.7 Å². The number of nitrogens with one attached hydrogen (secondary N) is 1. The predicted octanol–water partition coefficient (Wildman–Crippen LogP) is 4.21. The van der Waals surface area contributed by atoms with Crippen LogP contribution in [-0.2, 0) is 0 Å². The number of nitrogens with two attached hydrogens (primary N) is 1. The van der Waals surface area contributed by atoms with Gasteiger partial charge in [-0.25, -0.2) is 15.8 Å². The van der Waals surface area contributed by atoms with Gasteiger partial charge in [-0.2, -0.15) is 0 Å². The van der Waals surface area contributed by atoms with Gasteiger partial charge in [0.15, 0.2) is 16.3 Å². The molecule has 0 fully saturated rings. The molecule has 0 aliphatic carbocycles. The summed E-state index contributed by atoms with van der Waals surface area (Å²) in [6.45, 7) is 0. The summed E-state index contributed by atoms with van der Waals surface area (Å²) in [7, 11) is 0. The van der Waals surface area contributed by atoms with E-state index in [-0.39, 0.29) is 0 Å². The predicted molar refractivity (Wildman–Crippen MR) is 88.4 cm³/mol. The molecular weight excluding hydrogens is 400 g/mol. The van der Waals surface area contributed by atoms with Crippen molar-refractivity contribution in [3.63, 3.8) is 0 Å². The molecule has 0 saturated heterocycles. The Morgan fingerprint density at radius 2 is 1.81 bits per heavy atom. The lowest BCUT2D eigenvalue weighted by Gasteiger charge is -2.06. The second-order valence-corrected chi connectivity index (χ2v) is 5.78. The molecule has 0 saturated carbocycles. The van der Waals surface area contributed by atoms with Crippen molar-refractivity contribution in [3.8, 4) is 22.8 Å². The molecule has 21 heavy (non-hydrogen) atoms. The van der Waals surface area contributed by atoms with Crippen molar-refractivity contribution < 1.29 is 4.42 Å². The van der Waals surface area contributed by atoms with Gasteiger partial charge in [0.1, 0.15) is 5.82 Å². The van der Waals surface area contributed by atoms with E-state index in [2.05, 4.69) is 47.3 Å². The lowest BCUT2D eigenvalue weighted by Crippen LogP contribution is -2.09. The van der Waals surface area contributed by atoms with Crippen LogP contribution in [0.4, 0.5) is 5.82 Å². The number of hydrogen-bond acceptors (Lipinski definition) is 5. The van der Waals surface area contributed by atoms with Crippen LogP contribution in [-0.4, -0.2) is 9.97 Å². The first-order valence-electron chi connectivity index (χ1n) is 6.03. The normalized spacial score (nSPS) is 10.6. The maximum absolute atomic E-state index is 5.57. The minimum absolute atomic E-state index is 0.454. The van der Waals surface area contributed by atoms with E-state index in [4.69, 9.17) is 10.3 Å². The van der Waals surface area contributed by atoms with Crippen LogP contribution in [0.25, 0.3) is 22.8 Å². The molecule has 0 amide bonds. The molecule has 5 nitrogen and oxygen atoms in total. The van der Waals surface area contributed by atoms with E-state index in [0.717, 1.165) is 15.7 Å². The van der Waals surface area contributed by atoms with Crippen molar-refractivity contribution in [2.45, 2.75) is 0 Å². The second-order valence-electron chi connectivity index (χ2n) is 4.20. The van der Waals surface area contributed by atoms with E-state index in [9.17, 15) is 0 Å². The lowest BCUT2D eigenvalue weighted by molar-refractivity contribution is 0.549. The summed E-state index contributed by atoms with van der Waals surface area (Å²) < 4.78 is 6.96. The zero-order chi connectivity index (χ0) is 14.8. The van der Waals surface area contributed by atoms with Crippen LogP contribution >= 0.6 is 31.9 Å². The third-order valence-corrected chi connectivity index (χ3v) is 4.52. The van der Waals surface area contributed by atoms with Crippen molar-refractivity contribution in [2.75, 3.05) is 5.43 Å². The summed E-state index contributed by atoms with van der Waals surface area (Å²) in [6.07, 6.45) is 0. The van der Waals surface area contributed by atoms with Crippen LogP contribution in [0.2, 0.25) is 0 Å². The highest BCUT2D eigenvalue weighted by Crippen LogP contribution is 2.32. The third kappa shape index (κ3) is 2.99. The van der Waals surface area contributed by atoms with Gasteiger partial charge < -0.3 is 9.84 Å². The van der Waals surface area contributed by atoms with Crippen LogP contribution in [0, 0.1) is 0 Å². The largest absolute Gasteiger partial charge is 0.445 e. The minimum atomic E-state index is 0.454. The Morgan fingerprint density at radius 1 is 1.05 bits per heavy atom. The topological polar surface area (TPSA) is 77.0 Å². The SMILES string of the molecule is NNc1cc(-c2ccccc2)nc(-c2cc(Br)c(Br)o2)n1. The fourth-order valence-corrected chi connectivity index (χ4v) is 2.42. The average molecular weight is 410 g/mol. The molecule has 3 aromatic rings. The molecule has 0 bridgehead atoms. The van der Waals surface area contributed by atoms with Gasteiger partial charge in [-0.3, -0.25) is 0 Å². The average Bonchev–Trinajstić information content (AvgIpc) is 2.87. The summed E-state index contributed by atoms with van der Waals surface area (Å²) >= 11 is 6.68. The standard InChI is InChI=1S/C14H10Br2N4O/c15-9-6-11(21-13(9)16)14-18-10(7-12(19-14)20-17)8-4-2-1-3-5-8/h1-7H,17H2,(H,18,19,20). The number of nitrogen functional groups attached to an aromatic ring is 1. The number of rotatable bonds is 3. The quantitative estimate of drug-likeness (QED) is 0.500. The number of benzene rings is 1. The minimum Gasteiger partial charge on any atom is -0.445 e. The van der Waals surface area contributed by atoms with E-state index in [0.29, 0.717) is 22.1 Å². The van der Waals surface area contributed by atoms with E-state index >= 15 is 0 Å². The monoisotopic (exact) mass is 408 g/mol. The Balaban J connectivity index is 2.13. The number of furan rings is 1. The Morgan fingerprint density at radius 3 is 2.43 bits per heavy atom. The maximum Gasteiger partial charge on any atom is 0.198 e. The number of hydrogen-bond donors (Lipinski definition) is 2. The first kappa shape index (κ1) is 14.2. The summed E-state index contributed by atoms with van der Waals surface area (Å²) in [5.74, 6) is 7.00. The smallest absolute Gasteiger partial charge is 0.198 e. The highest BCUT2D eigenvalue weighted by molar-refractivity contribution is 9.13. The van der Waals surface area contributed by atoms with E-state index in [1.54, 1.807) is 12.1 Å². The summed E-state index contributed by atoms with van der Waals surface area (Å²) in [4.78, 5) is 8.85. The van der Waals surface area contributed by atoms with Gasteiger partial charge in [0.2, 0.25) is 0 Å². The maximum atomic E-state index is 5.57. The molecule has 0 aliphatic rings. The Kier molecular flexibility index (Phi) is 4.05. The van der Waals surface area contributed by atoms with Crippen molar-refractivity contribution in [1.29, 1.82) is 0 Å². The molecule has 0 unspecified atom stereocenters. The molecule has 106 valence electrons. The highest BCUT2D eigenvalue weighted by Gasteiger charge is 2.14. The number of halogens is 2. The van der Waals surface area contributed by atoms with Crippen LogP contribution in [0.15, 0.2) is 56.0 Å². The zero-order valence-electron chi connectivity index (χ0n) is 10.7. The van der Waals surface area contributed by atoms with E-state index in [1.807, 2.05) is 30.3 Å². The molecule has 3 rings (SSSR count). The Bertz CT molecular complexity index is 754. The third-order valence-electron chi connectivity index (χ3n) is 2.81. The molecule has 2 heterocycles. The molecule has 0 aliphatic heterocycles. The molecule has 2 aromatic heterocycles. The first-order chi connectivity index (χ1) is 10.2. The number of nitrogens with zero attached hydrogens (tertiary/aromatic N) is 2. The van der Waals surface area contributed by atoms with Crippen molar-refractivity contribution in [1.82, 2.24) is 9.97 Å². The molecule has 0 spiro atoms. The second kappa shape index (κ2) is 5.97. The molecule has 0 radical (unpaired) electrons. The fourth-order valence-electron chi connectivity index (χ4n) is 1.84. The van der Waals surface area contributed by atoms with Gasteiger partial charge in [-0.05, 0) is 31.9 Å². The number of aromatic nitrogens is 2. The van der Waals surface area contributed by atoms with Crippen LogP contribution in [0.1, 0.15) is 0 Å². The first-order valence-corrected chi connectivity index (χ1v) is 7.62. The van der Waals surface area contributed by atoms with Gasteiger partial charge in [-0.15, -0.1) is 0 Å². The fraction of sp³-hybridized carbons (Fsp3) is 0. The Labute approximate surface area is 137 Å². The van der Waals surface area contributed by atoms with Gasteiger partial charge in [-0.1, -0.05) is 30.3 Å². The number of hydrazine groups is 1. The van der Waals surface area contributed by atoms with Gasteiger partial charge in [0, 0.05) is 17.7 Å². The van der Waals surface area contributed by atoms with E-state index < -0.39 is 0 Å². The highest BCUT2D eigenvalue weighted by atomic mass is 79.9. The van der Waals surface area contributed by atoms with Gasteiger partial charge in [0.25, 0.3) is 0 Å². The molecule has 0 atom stereocenters. The summed E-state index contributed by atoms with van der Waals surface area (Å²) in [5, 5.41) is 0. The van der Waals surface area contributed by atoms with Crippen LogP contribution in [0.5, 0.6) is 0 Å². The molecule has 1 aromatic carbocycles. The van der Waals surface area contributed by atoms with E-state index in [1.165, 1.54) is 0 Å². The van der Waals surface area contributed by atoms with Crippen molar-refractivity contribution in [2.24, 2.45) is 5.84 Å². The van der Waals surface area contributed by atoms with Crippen LogP contribution < -0.4 is 11.3 Å².